The highest BCUT2D eigenvalue weighted by atomic mass is 16.5. The number of carbonyl (C=O) groups is 3. The Morgan fingerprint density at radius 1 is 1.44 bits per heavy atom. The molecule has 0 spiro atoms. The Hall–Kier alpha value is -1.43. The fraction of sp³-hybridized carbons (Fsp3) is 0.750. The minimum atomic E-state index is -0.470. The molecule has 6 heteroatoms. The van der Waals surface area contributed by atoms with E-state index in [-0.39, 0.29) is 24.8 Å². The zero-order valence-corrected chi connectivity index (χ0v) is 10.2. The SMILES string of the molecule is NC(=O)C1CC(=O)N(C(C=O)C2CCOCC2)C1. The summed E-state index contributed by atoms with van der Waals surface area (Å²) in [6.45, 7) is 1.52. The standard InChI is InChI=1S/C12H18N2O4/c13-12(17)9-5-11(16)14(6-9)10(7-15)8-1-3-18-4-2-8/h7-10H,1-6H2,(H2,13,17). The lowest BCUT2D eigenvalue weighted by Gasteiger charge is -2.33. The Balaban J connectivity index is 2.05. The van der Waals surface area contributed by atoms with Gasteiger partial charge in [-0.15, -0.1) is 0 Å². The summed E-state index contributed by atoms with van der Waals surface area (Å²) in [4.78, 5) is 35.7. The number of hydrogen-bond donors (Lipinski definition) is 1. The second-order valence-corrected chi connectivity index (χ2v) is 4.93. The van der Waals surface area contributed by atoms with Crippen molar-refractivity contribution in [3.63, 3.8) is 0 Å². The molecule has 18 heavy (non-hydrogen) atoms. The highest BCUT2D eigenvalue weighted by molar-refractivity contribution is 5.89. The number of likely N-dealkylation sites (tertiary alicyclic amines) is 1. The van der Waals surface area contributed by atoms with Gasteiger partial charge >= 0.3 is 0 Å². The lowest BCUT2D eigenvalue weighted by Crippen LogP contribution is -2.45. The van der Waals surface area contributed by atoms with Gasteiger partial charge in [-0.25, -0.2) is 0 Å². The van der Waals surface area contributed by atoms with E-state index in [1.165, 1.54) is 4.90 Å². The van der Waals surface area contributed by atoms with Crippen LogP contribution in [0.1, 0.15) is 19.3 Å². The van der Waals surface area contributed by atoms with Gasteiger partial charge in [-0.1, -0.05) is 0 Å². The first-order valence-corrected chi connectivity index (χ1v) is 6.25. The van der Waals surface area contributed by atoms with Crippen LogP contribution in [-0.4, -0.2) is 48.8 Å². The van der Waals surface area contributed by atoms with Crippen LogP contribution in [-0.2, 0) is 19.1 Å². The van der Waals surface area contributed by atoms with Gasteiger partial charge in [0.25, 0.3) is 0 Å². The predicted octanol–water partition coefficient (Wildman–Crippen LogP) is -0.686. The third-order valence-corrected chi connectivity index (χ3v) is 3.81. The molecule has 2 aliphatic heterocycles. The van der Waals surface area contributed by atoms with Crippen LogP contribution in [0, 0.1) is 11.8 Å². The molecule has 6 nitrogen and oxygen atoms in total. The highest BCUT2D eigenvalue weighted by Gasteiger charge is 2.40. The quantitative estimate of drug-likeness (QED) is 0.673. The fourth-order valence-corrected chi connectivity index (χ4v) is 2.71. The summed E-state index contributed by atoms with van der Waals surface area (Å²) in [6, 6.07) is -0.439. The summed E-state index contributed by atoms with van der Waals surface area (Å²) in [6.07, 6.45) is 2.49. The van der Waals surface area contributed by atoms with E-state index in [4.69, 9.17) is 10.5 Å². The highest BCUT2D eigenvalue weighted by Crippen LogP contribution is 2.27. The van der Waals surface area contributed by atoms with E-state index in [2.05, 4.69) is 0 Å². The van der Waals surface area contributed by atoms with Crippen LogP contribution in [0.25, 0.3) is 0 Å². The minimum absolute atomic E-state index is 0.128. The van der Waals surface area contributed by atoms with Crippen molar-refractivity contribution in [1.82, 2.24) is 4.90 Å². The van der Waals surface area contributed by atoms with E-state index in [1.54, 1.807) is 0 Å². The molecule has 2 rings (SSSR count). The van der Waals surface area contributed by atoms with Crippen LogP contribution < -0.4 is 5.73 Å². The molecule has 2 atom stereocenters. The number of nitrogens with two attached hydrogens (primary N) is 1. The molecule has 0 aromatic heterocycles. The zero-order valence-electron chi connectivity index (χ0n) is 10.2. The van der Waals surface area contributed by atoms with Gasteiger partial charge in [0.2, 0.25) is 11.8 Å². The maximum Gasteiger partial charge on any atom is 0.224 e. The van der Waals surface area contributed by atoms with Crippen LogP contribution in [0.2, 0.25) is 0 Å². The Labute approximate surface area is 105 Å². The number of hydrogen-bond acceptors (Lipinski definition) is 4. The van der Waals surface area contributed by atoms with Crippen molar-refractivity contribution in [2.75, 3.05) is 19.8 Å². The van der Waals surface area contributed by atoms with Crippen LogP contribution in [0.3, 0.4) is 0 Å². The Morgan fingerprint density at radius 3 is 2.61 bits per heavy atom. The molecule has 2 fully saturated rings. The summed E-state index contributed by atoms with van der Waals surface area (Å²) in [7, 11) is 0. The zero-order chi connectivity index (χ0) is 13.1. The van der Waals surface area contributed by atoms with Gasteiger partial charge in [0.05, 0.1) is 12.0 Å². The number of aldehydes is 1. The largest absolute Gasteiger partial charge is 0.381 e. The molecule has 0 aliphatic carbocycles. The van der Waals surface area contributed by atoms with Crippen molar-refractivity contribution in [1.29, 1.82) is 0 Å². The van der Waals surface area contributed by atoms with Crippen molar-refractivity contribution >= 4 is 18.1 Å². The maximum atomic E-state index is 11.9. The maximum absolute atomic E-state index is 11.9. The van der Waals surface area contributed by atoms with Crippen LogP contribution >= 0.6 is 0 Å². The summed E-state index contributed by atoms with van der Waals surface area (Å²) in [5, 5.41) is 0. The van der Waals surface area contributed by atoms with Crippen molar-refractivity contribution in [2.24, 2.45) is 17.6 Å². The lowest BCUT2D eigenvalue weighted by atomic mass is 9.91. The summed E-state index contributed by atoms with van der Waals surface area (Å²) >= 11 is 0. The molecular formula is C12H18N2O4. The lowest BCUT2D eigenvalue weighted by molar-refractivity contribution is -0.135. The predicted molar refractivity (Wildman–Crippen MR) is 62.4 cm³/mol. The second kappa shape index (κ2) is 5.48. The number of carbonyl (C=O) groups excluding carboxylic acids is 3. The number of amides is 2. The molecular weight excluding hydrogens is 236 g/mol. The van der Waals surface area contributed by atoms with Gasteiger partial charge in [0.15, 0.2) is 0 Å². The summed E-state index contributed by atoms with van der Waals surface area (Å²) < 4.78 is 5.25. The normalized spacial score (nSPS) is 27.2. The van der Waals surface area contributed by atoms with Crippen molar-refractivity contribution < 1.29 is 19.1 Å². The summed E-state index contributed by atoms with van der Waals surface area (Å²) in [5.41, 5.74) is 5.22. The first-order chi connectivity index (χ1) is 8.63. The third kappa shape index (κ3) is 2.53. The van der Waals surface area contributed by atoms with E-state index >= 15 is 0 Å². The molecule has 2 aliphatic rings. The van der Waals surface area contributed by atoms with Gasteiger partial charge < -0.3 is 20.2 Å². The smallest absolute Gasteiger partial charge is 0.224 e. The van der Waals surface area contributed by atoms with E-state index in [9.17, 15) is 14.4 Å². The van der Waals surface area contributed by atoms with Crippen molar-refractivity contribution in [2.45, 2.75) is 25.3 Å². The van der Waals surface area contributed by atoms with Gasteiger partial charge in [0, 0.05) is 26.2 Å². The Bertz CT molecular complexity index is 352. The van der Waals surface area contributed by atoms with Crippen molar-refractivity contribution in [3.8, 4) is 0 Å². The van der Waals surface area contributed by atoms with Crippen LogP contribution in [0.4, 0.5) is 0 Å². The van der Waals surface area contributed by atoms with E-state index in [0.717, 1.165) is 19.1 Å². The van der Waals surface area contributed by atoms with E-state index in [1.807, 2.05) is 0 Å². The molecule has 2 amide bonds. The monoisotopic (exact) mass is 254 g/mol. The molecule has 0 aromatic carbocycles. The molecule has 100 valence electrons. The van der Waals surface area contributed by atoms with Gasteiger partial charge in [-0.2, -0.15) is 0 Å². The first kappa shape index (κ1) is 13.0. The fourth-order valence-electron chi connectivity index (χ4n) is 2.71. The Kier molecular flexibility index (Phi) is 3.96. The average molecular weight is 254 g/mol. The number of primary amides is 1. The topological polar surface area (TPSA) is 89.7 Å². The molecule has 2 unspecified atom stereocenters. The van der Waals surface area contributed by atoms with Crippen LogP contribution in [0.15, 0.2) is 0 Å². The second-order valence-electron chi connectivity index (χ2n) is 4.93. The average Bonchev–Trinajstić information content (AvgIpc) is 2.74. The van der Waals surface area contributed by atoms with E-state index in [0.29, 0.717) is 13.2 Å². The molecule has 2 saturated heterocycles. The van der Waals surface area contributed by atoms with Crippen molar-refractivity contribution in [3.05, 3.63) is 0 Å². The van der Waals surface area contributed by atoms with Gasteiger partial charge in [-0.05, 0) is 18.8 Å². The molecule has 2 heterocycles. The number of nitrogens with zero attached hydrogens (tertiary/aromatic N) is 1. The molecule has 0 aromatic rings. The van der Waals surface area contributed by atoms with Crippen LogP contribution in [0.5, 0.6) is 0 Å². The van der Waals surface area contributed by atoms with Gasteiger partial charge in [-0.3, -0.25) is 9.59 Å². The van der Waals surface area contributed by atoms with Gasteiger partial charge in [0.1, 0.15) is 6.29 Å². The molecule has 0 saturated carbocycles. The Morgan fingerprint density at radius 2 is 2.11 bits per heavy atom. The third-order valence-electron chi connectivity index (χ3n) is 3.81. The summed E-state index contributed by atoms with van der Waals surface area (Å²) in [5.74, 6) is -0.948. The number of rotatable bonds is 4. The minimum Gasteiger partial charge on any atom is -0.381 e. The first-order valence-electron chi connectivity index (χ1n) is 6.25. The molecule has 0 radical (unpaired) electrons. The van der Waals surface area contributed by atoms with E-state index < -0.39 is 17.9 Å². The molecule has 0 bridgehead atoms. The number of ether oxygens (including phenoxy) is 1. The molecule has 2 N–H and O–H groups in total.